The summed E-state index contributed by atoms with van der Waals surface area (Å²) in [6, 6.07) is 5.97. The molecule has 104 valence electrons. The average Bonchev–Trinajstić information content (AvgIpc) is 2.82. The van der Waals surface area contributed by atoms with E-state index >= 15 is 0 Å². The Morgan fingerprint density at radius 2 is 2.21 bits per heavy atom. The zero-order valence-electron chi connectivity index (χ0n) is 11.5. The Labute approximate surface area is 119 Å². The molecule has 0 aromatic carbocycles. The fourth-order valence-corrected chi connectivity index (χ4v) is 2.39. The maximum Gasteiger partial charge on any atom is 0.152 e. The smallest absolute Gasteiger partial charge is 0.152 e. The van der Waals surface area contributed by atoms with Crippen LogP contribution in [-0.2, 0) is 10.6 Å². The standard InChI is InChI=1S/C14H20ClN3O/c1-3-17(9-10-19-4-2)14-12(11-15)18-8-6-5-7-13(18)16-14/h5-8H,3-4,9-11H2,1-2H3. The number of fused-ring (bicyclic) bond motifs is 1. The van der Waals surface area contributed by atoms with Gasteiger partial charge in [-0.05, 0) is 26.0 Å². The van der Waals surface area contributed by atoms with E-state index in [0.29, 0.717) is 12.5 Å². The van der Waals surface area contributed by atoms with E-state index in [-0.39, 0.29) is 0 Å². The van der Waals surface area contributed by atoms with E-state index in [9.17, 15) is 0 Å². The van der Waals surface area contributed by atoms with Gasteiger partial charge < -0.3 is 14.0 Å². The molecule has 0 amide bonds. The second kappa shape index (κ2) is 6.78. The Morgan fingerprint density at radius 3 is 2.89 bits per heavy atom. The third-order valence-corrected chi connectivity index (χ3v) is 3.38. The third-order valence-electron chi connectivity index (χ3n) is 3.13. The van der Waals surface area contributed by atoms with Crippen molar-refractivity contribution >= 4 is 23.1 Å². The maximum atomic E-state index is 6.10. The number of anilines is 1. The van der Waals surface area contributed by atoms with E-state index in [1.54, 1.807) is 0 Å². The predicted molar refractivity (Wildman–Crippen MR) is 79.1 cm³/mol. The van der Waals surface area contributed by atoms with Crippen molar-refractivity contribution in [3.05, 3.63) is 30.1 Å². The Balaban J connectivity index is 2.30. The van der Waals surface area contributed by atoms with Crippen molar-refractivity contribution in [1.82, 2.24) is 9.38 Å². The molecular weight excluding hydrogens is 262 g/mol. The summed E-state index contributed by atoms with van der Waals surface area (Å²) < 4.78 is 7.47. The minimum Gasteiger partial charge on any atom is -0.380 e. The van der Waals surface area contributed by atoms with Gasteiger partial charge in [-0.15, -0.1) is 11.6 Å². The molecule has 0 unspecified atom stereocenters. The number of alkyl halides is 1. The van der Waals surface area contributed by atoms with E-state index in [0.717, 1.165) is 36.9 Å². The molecule has 0 fully saturated rings. The molecule has 2 rings (SSSR count). The minimum atomic E-state index is 0.450. The van der Waals surface area contributed by atoms with Crippen LogP contribution in [0.1, 0.15) is 19.5 Å². The first-order valence-electron chi connectivity index (χ1n) is 6.66. The third kappa shape index (κ3) is 3.01. The molecule has 2 heterocycles. The topological polar surface area (TPSA) is 29.8 Å². The van der Waals surface area contributed by atoms with Gasteiger partial charge in [0.25, 0.3) is 0 Å². The van der Waals surface area contributed by atoms with Crippen LogP contribution in [0.2, 0.25) is 0 Å². The summed E-state index contributed by atoms with van der Waals surface area (Å²) in [4.78, 5) is 6.89. The molecule has 2 aromatic rings. The molecular formula is C14H20ClN3O. The lowest BCUT2D eigenvalue weighted by atomic mass is 10.4. The Bertz CT molecular complexity index is 526. The molecule has 0 aliphatic rings. The van der Waals surface area contributed by atoms with Gasteiger partial charge >= 0.3 is 0 Å². The maximum absolute atomic E-state index is 6.10. The highest BCUT2D eigenvalue weighted by molar-refractivity contribution is 6.17. The Morgan fingerprint density at radius 1 is 1.37 bits per heavy atom. The Hall–Kier alpha value is -1.26. The first-order valence-corrected chi connectivity index (χ1v) is 7.19. The number of pyridine rings is 1. The highest BCUT2D eigenvalue weighted by Crippen LogP contribution is 2.23. The van der Waals surface area contributed by atoms with Crippen LogP contribution in [0, 0.1) is 0 Å². The van der Waals surface area contributed by atoms with E-state index in [1.807, 2.05) is 35.7 Å². The van der Waals surface area contributed by atoms with Crippen molar-refractivity contribution in [3.8, 4) is 0 Å². The van der Waals surface area contributed by atoms with Crippen molar-refractivity contribution in [3.63, 3.8) is 0 Å². The molecule has 4 nitrogen and oxygen atoms in total. The van der Waals surface area contributed by atoms with Crippen molar-refractivity contribution in [2.24, 2.45) is 0 Å². The number of hydrogen-bond donors (Lipinski definition) is 0. The molecule has 0 spiro atoms. The quantitative estimate of drug-likeness (QED) is 0.577. The van der Waals surface area contributed by atoms with Crippen LogP contribution in [0.25, 0.3) is 5.65 Å². The molecule has 5 heteroatoms. The number of nitrogens with zero attached hydrogens (tertiary/aromatic N) is 3. The van der Waals surface area contributed by atoms with E-state index < -0.39 is 0 Å². The highest BCUT2D eigenvalue weighted by Gasteiger charge is 2.16. The number of imidazole rings is 1. The average molecular weight is 282 g/mol. The summed E-state index contributed by atoms with van der Waals surface area (Å²) in [6.07, 6.45) is 2.00. The van der Waals surface area contributed by atoms with Crippen molar-refractivity contribution in [2.75, 3.05) is 31.2 Å². The number of ether oxygens (including phenoxy) is 1. The normalized spacial score (nSPS) is 11.1. The number of likely N-dealkylation sites (N-methyl/N-ethyl adjacent to an activating group) is 1. The zero-order valence-corrected chi connectivity index (χ0v) is 12.2. The molecule has 2 aromatic heterocycles. The van der Waals surface area contributed by atoms with E-state index in [4.69, 9.17) is 16.3 Å². The first-order chi connectivity index (χ1) is 9.31. The van der Waals surface area contributed by atoms with Gasteiger partial charge in [-0.3, -0.25) is 0 Å². The van der Waals surface area contributed by atoms with E-state index in [2.05, 4.69) is 16.8 Å². The summed E-state index contributed by atoms with van der Waals surface area (Å²) >= 11 is 6.10. The summed E-state index contributed by atoms with van der Waals surface area (Å²) in [5.41, 5.74) is 1.97. The molecule has 0 saturated heterocycles. The van der Waals surface area contributed by atoms with Gasteiger partial charge in [0.1, 0.15) is 5.65 Å². The van der Waals surface area contributed by atoms with Crippen LogP contribution in [0.4, 0.5) is 5.82 Å². The van der Waals surface area contributed by atoms with Gasteiger partial charge in [0, 0.05) is 25.9 Å². The fraction of sp³-hybridized carbons (Fsp3) is 0.500. The molecule has 0 radical (unpaired) electrons. The number of hydrogen-bond acceptors (Lipinski definition) is 3. The van der Waals surface area contributed by atoms with Crippen LogP contribution in [0.3, 0.4) is 0 Å². The molecule has 0 bridgehead atoms. The van der Waals surface area contributed by atoms with Crippen molar-refractivity contribution in [2.45, 2.75) is 19.7 Å². The molecule has 0 aliphatic carbocycles. The van der Waals surface area contributed by atoms with Gasteiger partial charge in [-0.2, -0.15) is 0 Å². The minimum absolute atomic E-state index is 0.450. The molecule has 0 aliphatic heterocycles. The molecule has 0 N–H and O–H groups in total. The SMILES string of the molecule is CCOCCN(CC)c1nc2ccccn2c1CCl. The monoisotopic (exact) mass is 281 g/mol. The second-order valence-corrected chi connectivity index (χ2v) is 4.49. The van der Waals surface area contributed by atoms with Gasteiger partial charge in [0.2, 0.25) is 0 Å². The lowest BCUT2D eigenvalue weighted by Crippen LogP contribution is -2.28. The van der Waals surface area contributed by atoms with Crippen LogP contribution >= 0.6 is 11.6 Å². The fourth-order valence-electron chi connectivity index (χ4n) is 2.14. The summed E-state index contributed by atoms with van der Waals surface area (Å²) in [7, 11) is 0. The molecule has 0 atom stereocenters. The zero-order chi connectivity index (χ0) is 13.7. The predicted octanol–water partition coefficient (Wildman–Crippen LogP) is 2.94. The largest absolute Gasteiger partial charge is 0.380 e. The van der Waals surface area contributed by atoms with Gasteiger partial charge in [-0.1, -0.05) is 6.07 Å². The molecule has 0 saturated carbocycles. The number of rotatable bonds is 7. The summed E-state index contributed by atoms with van der Waals surface area (Å²) in [6.45, 7) is 7.29. The Kier molecular flexibility index (Phi) is 5.05. The second-order valence-electron chi connectivity index (χ2n) is 4.22. The first kappa shape index (κ1) is 14.2. The molecule has 19 heavy (non-hydrogen) atoms. The summed E-state index contributed by atoms with van der Waals surface area (Å²) in [5.74, 6) is 1.41. The number of aromatic nitrogens is 2. The summed E-state index contributed by atoms with van der Waals surface area (Å²) in [5, 5.41) is 0. The van der Waals surface area contributed by atoms with Gasteiger partial charge in [-0.25, -0.2) is 4.98 Å². The van der Waals surface area contributed by atoms with Crippen LogP contribution < -0.4 is 4.90 Å². The van der Waals surface area contributed by atoms with Crippen molar-refractivity contribution < 1.29 is 4.74 Å². The number of halogens is 1. The van der Waals surface area contributed by atoms with Crippen LogP contribution in [0.5, 0.6) is 0 Å². The highest BCUT2D eigenvalue weighted by atomic mass is 35.5. The van der Waals surface area contributed by atoms with Crippen LogP contribution in [-0.4, -0.2) is 35.7 Å². The van der Waals surface area contributed by atoms with E-state index in [1.165, 1.54) is 0 Å². The lowest BCUT2D eigenvalue weighted by molar-refractivity contribution is 0.154. The van der Waals surface area contributed by atoms with Crippen molar-refractivity contribution in [1.29, 1.82) is 0 Å². The van der Waals surface area contributed by atoms with Gasteiger partial charge in [0.05, 0.1) is 18.2 Å². The van der Waals surface area contributed by atoms with Gasteiger partial charge in [0.15, 0.2) is 5.82 Å². The van der Waals surface area contributed by atoms with Crippen LogP contribution in [0.15, 0.2) is 24.4 Å². The lowest BCUT2D eigenvalue weighted by Gasteiger charge is -2.21.